The Labute approximate surface area is 188 Å². The number of likely N-dealkylation sites (N-methyl/N-ethyl adjacent to an activating group) is 1. The molecule has 3 aliphatic heterocycles. The van der Waals surface area contributed by atoms with Gasteiger partial charge in [0.2, 0.25) is 5.91 Å². The predicted molar refractivity (Wildman–Crippen MR) is 111 cm³/mol. The van der Waals surface area contributed by atoms with E-state index in [0.29, 0.717) is 18.8 Å². The van der Waals surface area contributed by atoms with Gasteiger partial charge in [0.15, 0.2) is 0 Å². The van der Waals surface area contributed by atoms with Crippen LogP contribution in [-0.2, 0) is 20.5 Å². The Bertz CT molecular complexity index is 988. The Morgan fingerprint density at radius 3 is 2.70 bits per heavy atom. The molecule has 4 rings (SSSR count). The smallest absolute Gasteiger partial charge is 0.376 e. The summed E-state index contributed by atoms with van der Waals surface area (Å²) in [6.45, 7) is 2.61. The zero-order valence-corrected chi connectivity index (χ0v) is 18.1. The molecule has 0 radical (unpaired) electrons. The maximum Gasteiger partial charge on any atom is 0.416 e. The summed E-state index contributed by atoms with van der Waals surface area (Å²) < 4.78 is 46.4. The summed E-state index contributed by atoms with van der Waals surface area (Å²) in [6.07, 6.45) is -2.95. The van der Waals surface area contributed by atoms with E-state index in [-0.39, 0.29) is 36.9 Å². The van der Waals surface area contributed by atoms with Gasteiger partial charge in [-0.3, -0.25) is 14.5 Å². The van der Waals surface area contributed by atoms with Gasteiger partial charge in [-0.15, -0.1) is 0 Å². The number of nitrogens with zero attached hydrogens (tertiary/aromatic N) is 2. The largest absolute Gasteiger partial charge is 0.416 e. The highest BCUT2D eigenvalue weighted by atomic mass is 19.4. The summed E-state index contributed by atoms with van der Waals surface area (Å²) >= 11 is 0. The Morgan fingerprint density at radius 1 is 1.27 bits per heavy atom. The number of urea groups is 1. The molecule has 1 saturated heterocycles. The van der Waals surface area contributed by atoms with Crippen LogP contribution >= 0.6 is 0 Å². The predicted octanol–water partition coefficient (Wildman–Crippen LogP) is 2.18. The molecule has 1 aromatic carbocycles. The molecule has 4 amide bonds. The Kier molecular flexibility index (Phi) is 6.33. The van der Waals surface area contributed by atoms with Crippen molar-refractivity contribution in [1.29, 1.82) is 0 Å². The highest BCUT2D eigenvalue weighted by molar-refractivity contribution is 6.03. The van der Waals surface area contributed by atoms with Gasteiger partial charge in [0.1, 0.15) is 6.54 Å². The van der Waals surface area contributed by atoms with E-state index in [2.05, 4.69) is 10.6 Å². The van der Waals surface area contributed by atoms with Gasteiger partial charge in [-0.2, -0.15) is 13.2 Å². The van der Waals surface area contributed by atoms with E-state index in [1.807, 2.05) is 0 Å². The maximum absolute atomic E-state index is 13.6. The van der Waals surface area contributed by atoms with E-state index < -0.39 is 35.6 Å². The minimum atomic E-state index is -4.66. The molecule has 0 aliphatic carbocycles. The quantitative estimate of drug-likeness (QED) is 0.673. The molecule has 3 heterocycles. The molecule has 33 heavy (non-hydrogen) atoms. The van der Waals surface area contributed by atoms with Crippen molar-refractivity contribution in [1.82, 2.24) is 20.4 Å². The van der Waals surface area contributed by atoms with Crippen molar-refractivity contribution >= 4 is 17.8 Å². The van der Waals surface area contributed by atoms with Crippen LogP contribution in [0.3, 0.4) is 0 Å². The van der Waals surface area contributed by atoms with E-state index in [1.54, 1.807) is 6.92 Å². The monoisotopic (exact) mass is 466 g/mol. The van der Waals surface area contributed by atoms with Crippen LogP contribution in [0.25, 0.3) is 0 Å². The lowest BCUT2D eigenvalue weighted by molar-refractivity contribution is -0.138. The highest BCUT2D eigenvalue weighted by Crippen LogP contribution is 2.41. The molecule has 2 atom stereocenters. The number of rotatable bonds is 6. The minimum Gasteiger partial charge on any atom is -0.376 e. The van der Waals surface area contributed by atoms with Crippen molar-refractivity contribution in [2.45, 2.75) is 38.1 Å². The summed E-state index contributed by atoms with van der Waals surface area (Å²) in [7, 11) is 0. The molecule has 0 saturated carbocycles. The van der Waals surface area contributed by atoms with Crippen LogP contribution in [0.4, 0.5) is 18.0 Å². The van der Waals surface area contributed by atoms with Gasteiger partial charge in [0.05, 0.1) is 35.5 Å². The molecule has 1 fully saturated rings. The number of carbonyl (C=O) groups excluding carboxylic acids is 3. The zero-order valence-electron chi connectivity index (χ0n) is 18.1. The fraction of sp³-hybridized carbons (Fsp3) is 0.500. The molecular formula is C22H25F3N4O4. The standard InChI is InChI=1S/C22H25F3N4O4/c1-2-29-16-11-28(12-17(30)26-10-13-6-5-9-33-13)20(31)18(16)19(27-21(29)32)14-7-3-4-8-15(14)22(23,24)25/h3-4,7-8,13,19H,2,5-6,9-12H2,1H3,(H,26,30)(H,27,32). The third-order valence-electron chi connectivity index (χ3n) is 6.08. The second-order valence-electron chi connectivity index (χ2n) is 8.17. The summed E-state index contributed by atoms with van der Waals surface area (Å²) in [6, 6.07) is 3.01. The molecule has 2 N–H and O–H groups in total. The number of nitrogens with one attached hydrogen (secondary N) is 2. The first-order valence-electron chi connectivity index (χ1n) is 10.9. The van der Waals surface area contributed by atoms with E-state index in [0.717, 1.165) is 18.9 Å². The molecule has 0 aromatic heterocycles. The number of benzene rings is 1. The van der Waals surface area contributed by atoms with Crippen LogP contribution < -0.4 is 10.6 Å². The second kappa shape index (κ2) is 9.05. The maximum atomic E-state index is 13.6. The van der Waals surface area contributed by atoms with E-state index in [4.69, 9.17) is 4.74 Å². The third-order valence-corrected chi connectivity index (χ3v) is 6.08. The van der Waals surface area contributed by atoms with Crippen LogP contribution in [0.1, 0.15) is 36.9 Å². The van der Waals surface area contributed by atoms with Gasteiger partial charge in [-0.25, -0.2) is 4.79 Å². The Hall–Kier alpha value is -3.08. The number of hydrogen-bond donors (Lipinski definition) is 2. The van der Waals surface area contributed by atoms with Gasteiger partial charge in [0.25, 0.3) is 5.91 Å². The van der Waals surface area contributed by atoms with Crippen molar-refractivity contribution in [2.75, 3.05) is 32.8 Å². The average Bonchev–Trinajstić information content (AvgIpc) is 3.40. The summed E-state index contributed by atoms with van der Waals surface area (Å²) in [5, 5.41) is 5.29. The molecule has 8 nitrogen and oxygen atoms in total. The number of alkyl halides is 3. The van der Waals surface area contributed by atoms with Crippen molar-refractivity contribution in [3.8, 4) is 0 Å². The molecule has 0 bridgehead atoms. The first-order valence-corrected chi connectivity index (χ1v) is 10.9. The topological polar surface area (TPSA) is 91.0 Å². The Morgan fingerprint density at radius 2 is 2.03 bits per heavy atom. The fourth-order valence-corrected chi connectivity index (χ4v) is 4.51. The van der Waals surface area contributed by atoms with Crippen molar-refractivity contribution in [2.24, 2.45) is 0 Å². The normalized spacial score (nSPS) is 23.2. The van der Waals surface area contributed by atoms with Crippen molar-refractivity contribution < 1.29 is 32.3 Å². The van der Waals surface area contributed by atoms with E-state index in [9.17, 15) is 27.6 Å². The van der Waals surface area contributed by atoms with Crippen LogP contribution in [0, 0.1) is 0 Å². The number of amides is 4. The molecule has 0 spiro atoms. The summed E-state index contributed by atoms with van der Waals surface area (Å²) in [5.74, 6) is -0.967. The van der Waals surface area contributed by atoms with Crippen LogP contribution in [0.2, 0.25) is 0 Å². The molecular weight excluding hydrogens is 441 g/mol. The molecule has 1 aromatic rings. The lowest BCUT2D eigenvalue weighted by Gasteiger charge is -2.33. The third kappa shape index (κ3) is 4.54. The first kappa shape index (κ1) is 23.1. The summed E-state index contributed by atoms with van der Waals surface area (Å²) in [4.78, 5) is 40.9. The fourth-order valence-electron chi connectivity index (χ4n) is 4.51. The van der Waals surface area contributed by atoms with E-state index in [1.165, 1.54) is 28.0 Å². The molecule has 178 valence electrons. The van der Waals surface area contributed by atoms with Gasteiger partial charge >= 0.3 is 12.2 Å². The molecule has 3 aliphatic rings. The SMILES string of the molecule is CCN1C(=O)NC(c2ccccc2C(F)(F)F)C2=C1CN(CC(=O)NCC1CCCO1)C2=O. The number of halogens is 3. The van der Waals surface area contributed by atoms with E-state index >= 15 is 0 Å². The first-order chi connectivity index (χ1) is 15.7. The molecule has 11 heteroatoms. The minimum absolute atomic E-state index is 0.0343. The molecule has 2 unspecified atom stereocenters. The van der Waals surface area contributed by atoms with Crippen LogP contribution in [0.5, 0.6) is 0 Å². The highest BCUT2D eigenvalue weighted by Gasteiger charge is 2.46. The number of ether oxygens (including phenoxy) is 1. The number of carbonyl (C=O) groups is 3. The van der Waals surface area contributed by atoms with Gasteiger partial charge < -0.3 is 20.3 Å². The summed E-state index contributed by atoms with van der Waals surface area (Å²) in [5.41, 5.74) is -0.757. The zero-order chi connectivity index (χ0) is 23.8. The van der Waals surface area contributed by atoms with Gasteiger partial charge in [-0.1, -0.05) is 18.2 Å². The average molecular weight is 466 g/mol. The Balaban J connectivity index is 1.58. The lowest BCUT2D eigenvalue weighted by atomic mass is 9.91. The van der Waals surface area contributed by atoms with Crippen molar-refractivity contribution in [3.05, 3.63) is 46.7 Å². The van der Waals surface area contributed by atoms with Crippen molar-refractivity contribution in [3.63, 3.8) is 0 Å². The van der Waals surface area contributed by atoms with Gasteiger partial charge in [0, 0.05) is 19.7 Å². The van der Waals surface area contributed by atoms with Gasteiger partial charge in [-0.05, 0) is 31.4 Å². The second-order valence-corrected chi connectivity index (χ2v) is 8.17. The number of hydrogen-bond acceptors (Lipinski definition) is 4. The van der Waals surface area contributed by atoms with Crippen LogP contribution in [0.15, 0.2) is 35.5 Å². The lowest BCUT2D eigenvalue weighted by Crippen LogP contribution is -2.47. The van der Waals surface area contributed by atoms with Crippen LogP contribution in [-0.4, -0.2) is 66.5 Å².